The summed E-state index contributed by atoms with van der Waals surface area (Å²) < 4.78 is 0. The van der Waals surface area contributed by atoms with Crippen LogP contribution < -0.4 is 11.5 Å². The third-order valence-electron chi connectivity index (χ3n) is 0.167. The van der Waals surface area contributed by atoms with Crippen molar-refractivity contribution in [3.8, 4) is 0 Å². The van der Waals surface area contributed by atoms with Gasteiger partial charge in [-0.1, -0.05) is 0 Å². The molecule has 0 saturated carbocycles. The van der Waals surface area contributed by atoms with E-state index in [9.17, 15) is 0 Å². The first-order valence-electron chi connectivity index (χ1n) is 5.03. The molecule has 0 aliphatic rings. The van der Waals surface area contributed by atoms with Gasteiger partial charge in [0.1, 0.15) is 0 Å². The SMILES string of the molecule is CC(=O)O.CC(=O)O.CC(=O)O.CC(=O)O.NCCN.[Ce].[Ce]. The van der Waals surface area contributed by atoms with Crippen LogP contribution in [0.15, 0.2) is 0 Å². The first kappa shape index (κ1) is 43.3. The summed E-state index contributed by atoms with van der Waals surface area (Å²) in [5, 5.41) is 29.7. The van der Waals surface area contributed by atoms with Crippen molar-refractivity contribution in [1.29, 1.82) is 0 Å². The summed E-state index contributed by atoms with van der Waals surface area (Å²) >= 11 is 0. The summed E-state index contributed by atoms with van der Waals surface area (Å²) in [7, 11) is 0. The Labute approximate surface area is 196 Å². The van der Waals surface area contributed by atoms with Crippen LogP contribution in [0.4, 0.5) is 0 Å². The van der Waals surface area contributed by atoms with Gasteiger partial charge in [0.15, 0.2) is 0 Å². The molecule has 10 nitrogen and oxygen atoms in total. The first-order valence-corrected chi connectivity index (χ1v) is 5.03. The number of hydrogen-bond acceptors (Lipinski definition) is 6. The van der Waals surface area contributed by atoms with Crippen molar-refractivity contribution < 1.29 is 123 Å². The molecule has 0 aromatic heterocycles. The second-order valence-electron chi connectivity index (χ2n) is 2.65. The fraction of sp³-hybridized carbons (Fsp3) is 0.600. The van der Waals surface area contributed by atoms with Gasteiger partial charge >= 0.3 is 0 Å². The summed E-state index contributed by atoms with van der Waals surface area (Å²) in [5.41, 5.74) is 9.81. The molecule has 0 spiro atoms. The fourth-order valence-electron chi connectivity index (χ4n) is 0. The minimum atomic E-state index is -0.833. The van der Waals surface area contributed by atoms with E-state index in [4.69, 9.17) is 51.1 Å². The minimum Gasteiger partial charge on any atom is -0.481 e. The molecule has 22 heavy (non-hydrogen) atoms. The fourth-order valence-corrected chi connectivity index (χ4v) is 0. The predicted octanol–water partition coefficient (Wildman–Crippen LogP) is -0.733. The molecule has 0 heterocycles. The summed E-state index contributed by atoms with van der Waals surface area (Å²) in [6.45, 7) is 5.53. The Kier molecular flexibility index (Phi) is 84.6. The monoisotopic (exact) mass is 580 g/mol. The Bertz CT molecular complexity index is 199. The van der Waals surface area contributed by atoms with Crippen LogP contribution in [-0.4, -0.2) is 57.4 Å². The van der Waals surface area contributed by atoms with Crippen LogP contribution in [0, 0.1) is 83.5 Å². The number of carbonyl (C=O) groups is 4. The van der Waals surface area contributed by atoms with Gasteiger partial charge in [-0.3, -0.25) is 19.2 Å². The predicted molar refractivity (Wildman–Crippen MR) is 71.3 cm³/mol. The number of carboxylic acids is 4. The molecule has 12 heteroatoms. The van der Waals surface area contributed by atoms with Gasteiger partial charge < -0.3 is 31.9 Å². The average molecular weight is 581 g/mol. The van der Waals surface area contributed by atoms with Gasteiger partial charge in [-0.2, -0.15) is 0 Å². The molecule has 0 rings (SSSR count). The molecule has 0 bridgehead atoms. The molecule has 0 aromatic rings. The third-order valence-corrected chi connectivity index (χ3v) is 0.167. The van der Waals surface area contributed by atoms with E-state index in [2.05, 4.69) is 0 Å². The van der Waals surface area contributed by atoms with E-state index in [1.54, 1.807) is 0 Å². The third kappa shape index (κ3) is 3260. The summed E-state index contributed by atoms with van der Waals surface area (Å²) in [5.74, 6) is -3.33. The smallest absolute Gasteiger partial charge is 0.300 e. The van der Waals surface area contributed by atoms with Gasteiger partial charge in [-0.15, -0.1) is 0 Å². The van der Waals surface area contributed by atoms with Gasteiger partial charge in [0.05, 0.1) is 0 Å². The second-order valence-corrected chi connectivity index (χ2v) is 2.65. The van der Waals surface area contributed by atoms with Crippen molar-refractivity contribution in [2.45, 2.75) is 27.7 Å². The van der Waals surface area contributed by atoms with Crippen LogP contribution in [0.3, 0.4) is 0 Å². The molecule has 0 aromatic carbocycles. The maximum atomic E-state index is 9.00. The quantitative estimate of drug-likeness (QED) is 0.230. The Morgan fingerprint density at radius 2 is 0.636 bits per heavy atom. The zero-order valence-electron chi connectivity index (χ0n) is 13.0. The van der Waals surface area contributed by atoms with Crippen molar-refractivity contribution in [2.75, 3.05) is 13.1 Å². The van der Waals surface area contributed by atoms with Gasteiger partial charge in [0.25, 0.3) is 23.9 Å². The topological polar surface area (TPSA) is 201 Å². The van der Waals surface area contributed by atoms with Gasteiger partial charge in [0, 0.05) is 124 Å². The van der Waals surface area contributed by atoms with Crippen molar-refractivity contribution in [1.82, 2.24) is 0 Å². The number of carboxylic acid groups (broad SMARTS) is 4. The van der Waals surface area contributed by atoms with Crippen LogP contribution in [-0.2, 0) is 19.2 Å². The van der Waals surface area contributed by atoms with E-state index >= 15 is 0 Å². The molecular weight excluding hydrogens is 556 g/mol. The Morgan fingerprint density at radius 1 is 0.591 bits per heavy atom. The standard InChI is InChI=1S/C2H8N2.4C2H4O2.2Ce/c3-1-2-4;4*1-2(3)4;;/h1-4H2;4*1H3,(H,3,4);;. The number of nitrogens with two attached hydrogens (primary N) is 2. The molecule has 0 aliphatic carbocycles. The van der Waals surface area contributed by atoms with Crippen LogP contribution in [0.5, 0.6) is 0 Å². The summed E-state index contributed by atoms with van der Waals surface area (Å²) in [6.07, 6.45) is 0. The first-order chi connectivity index (χ1) is 8.84. The molecule has 0 atom stereocenters. The molecule has 0 aliphatic heterocycles. The maximum absolute atomic E-state index is 9.00. The molecular formula is C10H24Ce2N2O8. The summed E-state index contributed by atoms with van der Waals surface area (Å²) in [6, 6.07) is 0. The molecule has 0 unspecified atom stereocenters. The molecule has 0 amide bonds. The van der Waals surface area contributed by atoms with E-state index in [1.807, 2.05) is 0 Å². The van der Waals surface area contributed by atoms with Gasteiger partial charge in [-0.25, -0.2) is 0 Å². The number of hydrogen-bond donors (Lipinski definition) is 6. The van der Waals surface area contributed by atoms with Crippen molar-refractivity contribution in [2.24, 2.45) is 11.5 Å². The average Bonchev–Trinajstić information content (AvgIpc) is 2.13. The van der Waals surface area contributed by atoms with Crippen LogP contribution >= 0.6 is 0 Å². The van der Waals surface area contributed by atoms with E-state index in [-0.39, 0.29) is 83.5 Å². The largest absolute Gasteiger partial charge is 0.481 e. The molecule has 130 valence electrons. The summed E-state index contributed by atoms with van der Waals surface area (Å²) in [4.78, 5) is 36.0. The van der Waals surface area contributed by atoms with Gasteiger partial charge in [-0.05, 0) is 0 Å². The van der Waals surface area contributed by atoms with E-state index in [0.29, 0.717) is 13.1 Å². The van der Waals surface area contributed by atoms with Crippen molar-refractivity contribution in [3.05, 3.63) is 0 Å². The number of rotatable bonds is 1. The van der Waals surface area contributed by atoms with Gasteiger partial charge in [0.2, 0.25) is 0 Å². The number of aliphatic carboxylic acids is 4. The van der Waals surface area contributed by atoms with E-state index < -0.39 is 23.9 Å². The minimum absolute atomic E-state index is 0. The molecule has 8 N–H and O–H groups in total. The molecule has 0 fully saturated rings. The second kappa shape index (κ2) is 43.0. The van der Waals surface area contributed by atoms with E-state index in [1.165, 1.54) is 0 Å². The van der Waals surface area contributed by atoms with Crippen molar-refractivity contribution >= 4 is 23.9 Å². The zero-order chi connectivity index (χ0) is 17.7. The van der Waals surface area contributed by atoms with E-state index in [0.717, 1.165) is 27.7 Å². The van der Waals surface area contributed by atoms with Crippen LogP contribution in [0.2, 0.25) is 0 Å². The molecule has 0 saturated heterocycles. The Hall–Kier alpha value is 0.553. The van der Waals surface area contributed by atoms with Crippen molar-refractivity contribution in [3.63, 3.8) is 0 Å². The zero-order valence-corrected chi connectivity index (χ0v) is 19.3. The normalized spacial score (nSPS) is 5.91. The Balaban J connectivity index is -0.0000000250. The Morgan fingerprint density at radius 3 is 0.636 bits per heavy atom. The van der Waals surface area contributed by atoms with Crippen LogP contribution in [0.1, 0.15) is 27.7 Å². The maximum Gasteiger partial charge on any atom is 0.300 e. The van der Waals surface area contributed by atoms with Crippen LogP contribution in [0.25, 0.3) is 0 Å². The molecule has 0 radical (unpaired) electrons.